The largest absolute Gasteiger partial charge is 0.472 e. The first-order chi connectivity index (χ1) is 28.0. The molecule has 0 rings (SSSR count). The number of allylic oxidation sites excluding steroid dienone is 5. The van der Waals surface area contributed by atoms with E-state index in [0.29, 0.717) is 17.4 Å². The minimum absolute atomic E-state index is 0.0604. The summed E-state index contributed by atoms with van der Waals surface area (Å²) in [6.45, 7) is 4.80. The number of unbranched alkanes of at least 4 members (excludes halogenated alkanes) is 27. The molecule has 0 heterocycles. The number of carbonyl (C=O) groups excluding carboxylic acids is 1. The van der Waals surface area contributed by atoms with Crippen LogP contribution in [0.5, 0.6) is 0 Å². The van der Waals surface area contributed by atoms with Crippen molar-refractivity contribution in [2.45, 2.75) is 231 Å². The smallest absolute Gasteiger partial charge is 0.387 e. The van der Waals surface area contributed by atoms with E-state index in [1.807, 2.05) is 27.2 Å². The van der Waals surface area contributed by atoms with Gasteiger partial charge in [0.05, 0.1) is 39.9 Å². The molecule has 58 heavy (non-hydrogen) atoms. The number of likely N-dealkylation sites (N-methyl/N-ethyl adjacent to an activating group) is 1. The molecule has 3 unspecified atom stereocenters. The molecule has 3 atom stereocenters. The Kier molecular flexibility index (Phi) is 40.2. The van der Waals surface area contributed by atoms with Gasteiger partial charge in [0.15, 0.2) is 0 Å². The van der Waals surface area contributed by atoms with Crippen LogP contribution in [-0.2, 0) is 18.4 Å². The van der Waals surface area contributed by atoms with Gasteiger partial charge in [-0.1, -0.05) is 198 Å². The second-order valence-corrected chi connectivity index (χ2v) is 19.3. The van der Waals surface area contributed by atoms with E-state index >= 15 is 0 Å². The molecule has 0 radical (unpaired) electrons. The van der Waals surface area contributed by atoms with Gasteiger partial charge in [0.25, 0.3) is 0 Å². The number of nitrogens with one attached hydrogen (secondary N) is 1. The molecule has 342 valence electrons. The molecule has 0 saturated carbocycles. The van der Waals surface area contributed by atoms with Gasteiger partial charge in [0.1, 0.15) is 13.2 Å². The van der Waals surface area contributed by atoms with E-state index in [4.69, 9.17) is 9.05 Å². The van der Waals surface area contributed by atoms with Crippen molar-refractivity contribution in [1.82, 2.24) is 5.32 Å². The van der Waals surface area contributed by atoms with Gasteiger partial charge in [0, 0.05) is 6.42 Å². The van der Waals surface area contributed by atoms with Gasteiger partial charge in [-0.15, -0.1) is 0 Å². The number of quaternary nitrogens is 1. The Bertz CT molecular complexity index is 1040. The minimum Gasteiger partial charge on any atom is -0.387 e. The molecule has 0 spiro atoms. The summed E-state index contributed by atoms with van der Waals surface area (Å²) in [7, 11) is 1.57. The molecule has 0 aliphatic heterocycles. The van der Waals surface area contributed by atoms with Gasteiger partial charge in [-0.05, 0) is 51.4 Å². The summed E-state index contributed by atoms with van der Waals surface area (Å²) in [5.41, 5.74) is 0. The van der Waals surface area contributed by atoms with Crippen LogP contribution in [-0.4, -0.2) is 73.4 Å². The van der Waals surface area contributed by atoms with Crippen LogP contribution in [0.25, 0.3) is 0 Å². The molecule has 0 aromatic rings. The highest BCUT2D eigenvalue weighted by Gasteiger charge is 2.27. The zero-order chi connectivity index (χ0) is 42.8. The molecule has 9 heteroatoms. The molecule has 0 aliphatic carbocycles. The van der Waals surface area contributed by atoms with Crippen molar-refractivity contribution in [3.8, 4) is 0 Å². The van der Waals surface area contributed by atoms with Crippen LogP contribution in [0.2, 0.25) is 0 Å². The third-order valence-corrected chi connectivity index (χ3v) is 11.8. The number of carbonyl (C=O) groups is 1. The summed E-state index contributed by atoms with van der Waals surface area (Å²) >= 11 is 0. The summed E-state index contributed by atoms with van der Waals surface area (Å²) in [6, 6.07) is -0.846. The summed E-state index contributed by atoms with van der Waals surface area (Å²) in [5.74, 6) is -0.183. The van der Waals surface area contributed by atoms with E-state index in [9.17, 15) is 19.4 Å². The SMILES string of the molecule is CCCCCCCCCCC/C=C\C/C=C\CCCCCCCCCCCC(=O)NC(COP(=O)(O)OCC[N+](C)(C)C)C(O)/C=C/CCCCCCCCCCC. The Morgan fingerprint density at radius 2 is 0.983 bits per heavy atom. The van der Waals surface area contributed by atoms with Crippen LogP contribution in [0.4, 0.5) is 0 Å². The summed E-state index contributed by atoms with van der Waals surface area (Å²) < 4.78 is 23.5. The maximum atomic E-state index is 12.9. The number of amides is 1. The maximum Gasteiger partial charge on any atom is 0.472 e. The maximum absolute atomic E-state index is 12.9. The lowest BCUT2D eigenvalue weighted by Gasteiger charge is -2.25. The van der Waals surface area contributed by atoms with Crippen molar-refractivity contribution in [3.63, 3.8) is 0 Å². The fourth-order valence-corrected chi connectivity index (χ4v) is 7.69. The Hall–Kier alpha value is -1.28. The van der Waals surface area contributed by atoms with Gasteiger partial charge in [-0.3, -0.25) is 13.8 Å². The fourth-order valence-electron chi connectivity index (χ4n) is 6.95. The molecule has 0 bridgehead atoms. The molecule has 8 nitrogen and oxygen atoms in total. The first kappa shape index (κ1) is 56.7. The number of hydrogen-bond donors (Lipinski definition) is 3. The van der Waals surface area contributed by atoms with Crippen molar-refractivity contribution in [1.29, 1.82) is 0 Å². The molecule has 0 fully saturated rings. The number of aliphatic hydroxyl groups is 1. The average Bonchev–Trinajstić information content (AvgIpc) is 3.17. The normalized spacial score (nSPS) is 14.5. The molecule has 0 aromatic carbocycles. The number of aliphatic hydroxyl groups excluding tert-OH is 1. The number of phosphoric acid groups is 1. The second-order valence-electron chi connectivity index (χ2n) is 17.8. The molecule has 3 N–H and O–H groups in total. The second kappa shape index (κ2) is 41.1. The van der Waals surface area contributed by atoms with Crippen molar-refractivity contribution in [2.24, 2.45) is 0 Å². The third-order valence-electron chi connectivity index (χ3n) is 10.9. The number of phosphoric ester groups is 1. The van der Waals surface area contributed by atoms with E-state index < -0.39 is 20.0 Å². The van der Waals surface area contributed by atoms with Gasteiger partial charge in [-0.25, -0.2) is 4.57 Å². The number of rotatable bonds is 44. The summed E-state index contributed by atoms with van der Waals surface area (Å²) in [5, 5.41) is 13.8. The summed E-state index contributed by atoms with van der Waals surface area (Å²) in [4.78, 5) is 23.1. The lowest BCUT2D eigenvalue weighted by molar-refractivity contribution is -0.870. The van der Waals surface area contributed by atoms with Crippen molar-refractivity contribution < 1.29 is 32.9 Å². The number of hydrogen-bond acceptors (Lipinski definition) is 5. The van der Waals surface area contributed by atoms with E-state index in [2.05, 4.69) is 43.5 Å². The van der Waals surface area contributed by atoms with Crippen LogP contribution in [0.15, 0.2) is 36.5 Å². The monoisotopic (exact) mass is 840 g/mol. The van der Waals surface area contributed by atoms with E-state index in [1.54, 1.807) is 6.08 Å². The predicted octanol–water partition coefficient (Wildman–Crippen LogP) is 13.9. The highest BCUT2D eigenvalue weighted by molar-refractivity contribution is 7.47. The molecule has 0 aliphatic rings. The highest BCUT2D eigenvalue weighted by atomic mass is 31.2. The van der Waals surface area contributed by atoms with E-state index in [0.717, 1.165) is 44.9 Å². The van der Waals surface area contributed by atoms with Crippen molar-refractivity contribution in [3.05, 3.63) is 36.5 Å². The van der Waals surface area contributed by atoms with Crippen LogP contribution < -0.4 is 5.32 Å². The Morgan fingerprint density at radius 3 is 1.41 bits per heavy atom. The van der Waals surface area contributed by atoms with Crippen LogP contribution >= 0.6 is 7.82 Å². The van der Waals surface area contributed by atoms with Gasteiger partial charge < -0.3 is 19.8 Å². The summed E-state index contributed by atoms with van der Waals surface area (Å²) in [6.07, 6.45) is 50.8. The molecule has 0 aromatic heterocycles. The van der Waals surface area contributed by atoms with Crippen LogP contribution in [0.3, 0.4) is 0 Å². The van der Waals surface area contributed by atoms with E-state index in [-0.39, 0.29) is 19.1 Å². The molecule has 1 amide bonds. The fraction of sp³-hybridized carbons (Fsp3) is 0.857. The lowest BCUT2D eigenvalue weighted by Crippen LogP contribution is -2.45. The highest BCUT2D eigenvalue weighted by Crippen LogP contribution is 2.43. The van der Waals surface area contributed by atoms with Gasteiger partial charge >= 0.3 is 7.82 Å². The van der Waals surface area contributed by atoms with Crippen LogP contribution in [0, 0.1) is 0 Å². The first-order valence-electron chi connectivity index (χ1n) is 24.4. The molecular formula is C49H96N2O6P+. The molecule has 0 saturated heterocycles. The Labute approximate surface area is 359 Å². The van der Waals surface area contributed by atoms with Gasteiger partial charge in [-0.2, -0.15) is 0 Å². The first-order valence-corrected chi connectivity index (χ1v) is 25.9. The van der Waals surface area contributed by atoms with Crippen molar-refractivity contribution >= 4 is 13.7 Å². The topological polar surface area (TPSA) is 105 Å². The predicted molar refractivity (Wildman–Crippen MR) is 249 cm³/mol. The average molecular weight is 840 g/mol. The van der Waals surface area contributed by atoms with Crippen molar-refractivity contribution in [2.75, 3.05) is 40.9 Å². The lowest BCUT2D eigenvalue weighted by atomic mass is 10.0. The third kappa shape index (κ3) is 42.8. The van der Waals surface area contributed by atoms with Gasteiger partial charge in [0.2, 0.25) is 5.91 Å². The Morgan fingerprint density at radius 1 is 0.586 bits per heavy atom. The minimum atomic E-state index is -4.34. The zero-order valence-electron chi connectivity index (χ0n) is 38.8. The molecular weight excluding hydrogens is 744 g/mol. The Balaban J connectivity index is 4.21. The standard InChI is InChI=1S/C49H95N2O6P/c1-6-8-10-12-14-16-18-19-20-21-22-23-24-25-26-27-28-29-30-31-33-35-37-39-41-43-49(53)50-47(46-57-58(54,55)56-45-44-51(3,4)5)48(52)42-40-38-36-34-32-17-15-13-11-9-7-2/h22-23,25-26,40,42,47-48,52H,6-21,24,27-39,41,43-46H2,1-5H3,(H-,50,53,54,55)/p+1/b23-22-,26-25-,42-40+. The number of nitrogens with zero attached hydrogens (tertiary/aromatic N) is 1. The zero-order valence-corrected chi connectivity index (χ0v) is 39.7. The van der Waals surface area contributed by atoms with E-state index in [1.165, 1.54) is 154 Å². The quantitative estimate of drug-likeness (QED) is 0.0244. The van der Waals surface area contributed by atoms with Crippen LogP contribution in [0.1, 0.15) is 219 Å².